The van der Waals surface area contributed by atoms with Gasteiger partial charge in [0, 0.05) is 17.9 Å². The number of hydrogen-bond acceptors (Lipinski definition) is 7. The van der Waals surface area contributed by atoms with Gasteiger partial charge in [0.25, 0.3) is 10.1 Å². The average molecular weight is 1160 g/mol. The lowest BCUT2D eigenvalue weighted by Crippen LogP contribution is -2.49. The summed E-state index contributed by atoms with van der Waals surface area (Å²) >= 11 is 10.1. The van der Waals surface area contributed by atoms with E-state index in [1.54, 1.807) is 81.6 Å². The minimum atomic E-state index is -4.48. The summed E-state index contributed by atoms with van der Waals surface area (Å²) in [6.07, 6.45) is 0. The Balaban J connectivity index is 1.71. The lowest BCUT2D eigenvalue weighted by atomic mass is 9.91. The zero-order valence-electron chi connectivity index (χ0n) is 21.8. The van der Waals surface area contributed by atoms with Gasteiger partial charge in [-0.2, -0.15) is 8.42 Å². The molecule has 0 unspecified atom stereocenters. The molecule has 0 spiro atoms. The highest BCUT2D eigenvalue weighted by atomic mass is 127. The third-order valence-corrected chi connectivity index (χ3v) is 11.4. The fourth-order valence-electron chi connectivity index (χ4n) is 3.62. The average Bonchev–Trinajstić information content (AvgIpc) is 2.94. The van der Waals surface area contributed by atoms with Crippen LogP contribution in [0.3, 0.4) is 0 Å². The van der Waals surface area contributed by atoms with Crippen LogP contribution in [0.25, 0.3) is 0 Å². The summed E-state index contributed by atoms with van der Waals surface area (Å²) in [6, 6.07) is 24.9. The molecule has 0 saturated carbocycles. The molecule has 0 aliphatic carbocycles. The summed E-state index contributed by atoms with van der Waals surface area (Å²) in [7, 11) is -4.48. The van der Waals surface area contributed by atoms with Gasteiger partial charge in [-0.1, -0.05) is 0 Å². The summed E-state index contributed by atoms with van der Waals surface area (Å²) < 4.78 is 61.1. The van der Waals surface area contributed by atoms with Gasteiger partial charge in [0.2, 0.25) is 0 Å². The zero-order valence-corrected chi connectivity index (χ0v) is 33.4. The Morgan fingerprint density at radius 3 is 1.23 bits per heavy atom. The Kier molecular flexibility index (Phi) is 12.9. The third-order valence-electron chi connectivity index (χ3n) is 5.86. The molecule has 0 aromatic heterocycles. The Bertz CT molecular complexity index is 1540. The van der Waals surface area contributed by atoms with E-state index in [0.717, 1.165) is 10.7 Å². The number of ether oxygens (including phenoxy) is 4. The summed E-state index contributed by atoms with van der Waals surface area (Å²) in [4.78, 5) is 13.9. The predicted molar refractivity (Wildman–Crippen MR) is 204 cm³/mol. The van der Waals surface area contributed by atoms with Crippen molar-refractivity contribution >= 4 is 129 Å². The van der Waals surface area contributed by atoms with E-state index >= 15 is 0 Å². The number of esters is 1. The van der Waals surface area contributed by atoms with Gasteiger partial charge >= 0.3 is 5.97 Å². The van der Waals surface area contributed by atoms with Crippen LogP contribution in [0.1, 0.15) is 0 Å². The molecule has 0 atom stereocenters. The quantitative estimate of drug-likeness (QED) is 0.0658. The molecule has 0 bridgehead atoms. The van der Waals surface area contributed by atoms with E-state index in [0.29, 0.717) is 17.2 Å². The Hall–Kier alpha value is -0.690. The van der Waals surface area contributed by atoms with E-state index in [1.165, 1.54) is 12.1 Å². The van der Waals surface area contributed by atoms with Crippen LogP contribution < -0.4 is 18.9 Å². The van der Waals surface area contributed by atoms with Crippen LogP contribution >= 0.6 is 113 Å². The fraction of sp³-hybridized carbons (Fsp3) is 0.138. The highest BCUT2D eigenvalue weighted by Crippen LogP contribution is 2.32. The number of benzene rings is 4. The molecular weight excluding hydrogens is 1140 g/mol. The SMILES string of the molecule is O=C(Oc1cc(I)c(S(=O)(=O)O)c(I)c1)C(COc1ccc(I)cc1)(COc1ccc(I)cc1)COc1ccc(I)cc1. The summed E-state index contributed by atoms with van der Waals surface area (Å²) in [6.45, 7) is -0.463. The number of carbonyl (C=O) groups is 1. The maximum atomic E-state index is 14.1. The van der Waals surface area contributed by atoms with Crippen LogP contribution in [-0.4, -0.2) is 38.8 Å². The molecule has 0 aliphatic rings. The van der Waals surface area contributed by atoms with Crippen LogP contribution in [-0.2, 0) is 14.9 Å². The van der Waals surface area contributed by atoms with Gasteiger partial charge in [-0.15, -0.1) is 0 Å². The molecule has 4 aromatic carbocycles. The molecule has 4 rings (SSSR count). The molecule has 43 heavy (non-hydrogen) atoms. The summed E-state index contributed by atoms with van der Waals surface area (Å²) in [5.74, 6) is 1.02. The number of carbonyl (C=O) groups excluding carboxylic acids is 1. The van der Waals surface area contributed by atoms with Crippen molar-refractivity contribution in [2.24, 2.45) is 5.41 Å². The molecule has 0 amide bonds. The predicted octanol–water partition coefficient (Wildman–Crippen LogP) is 8.09. The van der Waals surface area contributed by atoms with Crippen LogP contribution in [0.5, 0.6) is 23.0 Å². The van der Waals surface area contributed by atoms with E-state index < -0.39 is 21.5 Å². The van der Waals surface area contributed by atoms with Crippen LogP contribution in [0.2, 0.25) is 0 Å². The molecule has 8 nitrogen and oxygen atoms in total. The molecule has 4 aromatic rings. The van der Waals surface area contributed by atoms with Crippen molar-refractivity contribution in [1.29, 1.82) is 0 Å². The largest absolute Gasteiger partial charge is 0.492 e. The van der Waals surface area contributed by atoms with E-state index in [1.807, 2.05) is 36.4 Å². The zero-order chi connectivity index (χ0) is 31.2. The molecule has 226 valence electrons. The fourth-order valence-corrected chi connectivity index (χ4v) is 8.69. The first-order valence-electron chi connectivity index (χ1n) is 12.2. The summed E-state index contributed by atoms with van der Waals surface area (Å²) in [5, 5.41) is 0. The highest BCUT2D eigenvalue weighted by molar-refractivity contribution is 14.1. The Morgan fingerprint density at radius 2 is 0.930 bits per heavy atom. The first-order valence-corrected chi connectivity index (χ1v) is 19.0. The summed E-state index contributed by atoms with van der Waals surface area (Å²) in [5.41, 5.74) is -1.48. The monoisotopic (exact) mass is 1160 g/mol. The molecule has 0 saturated heterocycles. The standard InChI is InChI=1S/C29H21I5O8S/c30-18-1-7-21(8-2-18)39-15-29(16-40-22-9-3-19(31)4-10-22,17-41-23-11-5-20(32)6-12-23)28(35)42-24-13-25(33)27(26(34)14-24)43(36,37)38/h1-14H,15-17H2,(H,36,37,38). The maximum Gasteiger partial charge on any atom is 0.328 e. The van der Waals surface area contributed by atoms with Crippen molar-refractivity contribution in [1.82, 2.24) is 0 Å². The normalized spacial score (nSPS) is 11.6. The van der Waals surface area contributed by atoms with Gasteiger partial charge < -0.3 is 18.9 Å². The third kappa shape index (κ3) is 10.1. The minimum Gasteiger partial charge on any atom is -0.492 e. The van der Waals surface area contributed by atoms with E-state index in [2.05, 4.69) is 67.8 Å². The molecule has 1 N–H and O–H groups in total. The Morgan fingerprint density at radius 1 is 0.605 bits per heavy atom. The smallest absolute Gasteiger partial charge is 0.328 e. The van der Waals surface area contributed by atoms with Crippen molar-refractivity contribution in [2.45, 2.75) is 4.90 Å². The molecular formula is C29H21I5O8S. The first-order chi connectivity index (χ1) is 20.3. The van der Waals surface area contributed by atoms with Crippen LogP contribution in [0.4, 0.5) is 0 Å². The van der Waals surface area contributed by atoms with E-state index in [-0.39, 0.29) is 37.6 Å². The van der Waals surface area contributed by atoms with Crippen molar-refractivity contribution < 1.29 is 36.7 Å². The van der Waals surface area contributed by atoms with Crippen molar-refractivity contribution in [3.8, 4) is 23.0 Å². The Labute approximate surface area is 317 Å². The van der Waals surface area contributed by atoms with Crippen molar-refractivity contribution in [3.05, 3.63) is 103 Å². The van der Waals surface area contributed by atoms with E-state index in [9.17, 15) is 17.8 Å². The second kappa shape index (κ2) is 15.7. The molecule has 0 heterocycles. The number of rotatable bonds is 12. The van der Waals surface area contributed by atoms with Gasteiger partial charge in [-0.3, -0.25) is 9.35 Å². The topological polar surface area (TPSA) is 108 Å². The molecule has 0 radical (unpaired) electrons. The van der Waals surface area contributed by atoms with Crippen molar-refractivity contribution in [3.63, 3.8) is 0 Å². The van der Waals surface area contributed by atoms with Gasteiger partial charge in [-0.05, 0) is 198 Å². The lowest BCUT2D eigenvalue weighted by molar-refractivity contribution is -0.152. The molecule has 0 aliphatic heterocycles. The maximum absolute atomic E-state index is 14.1. The van der Waals surface area contributed by atoms with Gasteiger partial charge in [0.15, 0.2) is 5.41 Å². The second-order valence-corrected chi connectivity index (χ2v) is 16.5. The first kappa shape index (κ1) is 35.2. The second-order valence-electron chi connectivity index (χ2n) is 9.09. The van der Waals surface area contributed by atoms with Gasteiger partial charge in [0.05, 0.1) is 0 Å². The van der Waals surface area contributed by atoms with Crippen LogP contribution in [0.15, 0.2) is 89.8 Å². The molecule has 14 heteroatoms. The number of halogens is 5. The minimum absolute atomic E-state index is 0.0911. The van der Waals surface area contributed by atoms with Crippen molar-refractivity contribution in [2.75, 3.05) is 19.8 Å². The van der Waals surface area contributed by atoms with E-state index in [4.69, 9.17) is 18.9 Å². The number of hydrogen-bond donors (Lipinski definition) is 1. The molecule has 0 fully saturated rings. The van der Waals surface area contributed by atoms with Crippen LogP contribution in [0, 0.1) is 23.3 Å². The van der Waals surface area contributed by atoms with Gasteiger partial charge in [-0.25, -0.2) is 0 Å². The lowest BCUT2D eigenvalue weighted by Gasteiger charge is -2.31. The van der Waals surface area contributed by atoms with Gasteiger partial charge in [0.1, 0.15) is 47.7 Å². The highest BCUT2D eigenvalue weighted by Gasteiger charge is 2.44.